The fourth-order valence-corrected chi connectivity index (χ4v) is 1.60. The Hall–Kier alpha value is -2.66. The quantitative estimate of drug-likeness (QED) is 0.581. The SMILES string of the molecule is O=C(NO)c1cccc(NC(=O)c2ccccc2)c1. The van der Waals surface area contributed by atoms with Crippen molar-refractivity contribution in [2.24, 2.45) is 0 Å². The average molecular weight is 256 g/mol. The average Bonchev–Trinajstić information content (AvgIpc) is 2.47. The van der Waals surface area contributed by atoms with Gasteiger partial charge >= 0.3 is 0 Å². The standard InChI is InChI=1S/C14H12N2O3/c17-13(10-5-2-1-3-6-10)15-12-8-4-7-11(9-12)14(18)16-19/h1-9,19H,(H,15,17)(H,16,18). The van der Waals surface area contributed by atoms with Crippen molar-refractivity contribution < 1.29 is 14.8 Å². The Morgan fingerprint density at radius 1 is 0.842 bits per heavy atom. The van der Waals surface area contributed by atoms with E-state index in [9.17, 15) is 9.59 Å². The zero-order valence-electron chi connectivity index (χ0n) is 9.96. The highest BCUT2D eigenvalue weighted by Crippen LogP contribution is 2.12. The molecule has 0 fully saturated rings. The molecule has 0 radical (unpaired) electrons. The van der Waals surface area contributed by atoms with Crippen LogP contribution in [0.2, 0.25) is 0 Å². The second-order valence-corrected chi connectivity index (χ2v) is 3.84. The molecular formula is C14H12N2O3. The summed E-state index contributed by atoms with van der Waals surface area (Å²) in [5.74, 6) is -0.891. The summed E-state index contributed by atoms with van der Waals surface area (Å²) in [7, 11) is 0. The van der Waals surface area contributed by atoms with Crippen molar-refractivity contribution in [2.75, 3.05) is 5.32 Å². The van der Waals surface area contributed by atoms with E-state index < -0.39 is 5.91 Å². The van der Waals surface area contributed by atoms with Gasteiger partial charge in [-0.05, 0) is 30.3 Å². The maximum atomic E-state index is 11.9. The van der Waals surface area contributed by atoms with Gasteiger partial charge in [0.05, 0.1) is 0 Å². The molecule has 5 heteroatoms. The molecule has 0 aliphatic carbocycles. The Kier molecular flexibility index (Phi) is 3.90. The molecule has 0 bridgehead atoms. The van der Waals surface area contributed by atoms with E-state index in [1.165, 1.54) is 12.1 Å². The third-order valence-electron chi connectivity index (χ3n) is 2.52. The first kappa shape index (κ1) is 12.8. The van der Waals surface area contributed by atoms with Gasteiger partial charge in [-0.2, -0.15) is 0 Å². The summed E-state index contributed by atoms with van der Waals surface area (Å²) >= 11 is 0. The number of amides is 2. The highest BCUT2D eigenvalue weighted by atomic mass is 16.5. The molecule has 0 saturated carbocycles. The van der Waals surface area contributed by atoms with Crippen LogP contribution in [0.3, 0.4) is 0 Å². The first-order chi connectivity index (χ1) is 9.20. The number of hydrogen-bond donors (Lipinski definition) is 3. The molecule has 0 atom stereocenters. The van der Waals surface area contributed by atoms with E-state index in [1.54, 1.807) is 41.9 Å². The van der Waals surface area contributed by atoms with Crippen LogP contribution in [-0.2, 0) is 0 Å². The number of hydrogen-bond acceptors (Lipinski definition) is 3. The molecule has 3 N–H and O–H groups in total. The molecule has 96 valence electrons. The van der Waals surface area contributed by atoms with E-state index in [2.05, 4.69) is 5.32 Å². The molecule has 0 aliphatic rings. The largest absolute Gasteiger partial charge is 0.322 e. The minimum absolute atomic E-state index is 0.258. The number of nitrogens with one attached hydrogen (secondary N) is 2. The van der Waals surface area contributed by atoms with Crippen molar-refractivity contribution in [2.45, 2.75) is 0 Å². The van der Waals surface area contributed by atoms with Gasteiger partial charge in [0.2, 0.25) is 0 Å². The normalized spacial score (nSPS) is 9.74. The third-order valence-corrected chi connectivity index (χ3v) is 2.52. The van der Waals surface area contributed by atoms with Crippen molar-refractivity contribution >= 4 is 17.5 Å². The smallest absolute Gasteiger partial charge is 0.274 e. The van der Waals surface area contributed by atoms with Crippen LogP contribution in [0.15, 0.2) is 54.6 Å². The fourth-order valence-electron chi connectivity index (χ4n) is 1.60. The molecule has 0 spiro atoms. The molecule has 0 heterocycles. The van der Waals surface area contributed by atoms with E-state index in [1.807, 2.05) is 6.07 Å². The van der Waals surface area contributed by atoms with Crippen LogP contribution in [0.1, 0.15) is 20.7 Å². The molecule has 2 rings (SSSR count). The van der Waals surface area contributed by atoms with Crippen LogP contribution >= 0.6 is 0 Å². The molecule has 0 aliphatic heterocycles. The van der Waals surface area contributed by atoms with Crippen LogP contribution in [0.5, 0.6) is 0 Å². The first-order valence-corrected chi connectivity index (χ1v) is 5.61. The van der Waals surface area contributed by atoms with E-state index in [4.69, 9.17) is 5.21 Å². The number of benzene rings is 2. The number of carbonyl (C=O) groups is 2. The first-order valence-electron chi connectivity index (χ1n) is 5.61. The third kappa shape index (κ3) is 3.17. The molecule has 2 aromatic rings. The summed E-state index contributed by atoms with van der Waals surface area (Å²) < 4.78 is 0. The second-order valence-electron chi connectivity index (χ2n) is 3.84. The monoisotopic (exact) mass is 256 g/mol. The number of anilines is 1. The van der Waals surface area contributed by atoms with Gasteiger partial charge in [0.15, 0.2) is 0 Å². The zero-order valence-corrected chi connectivity index (χ0v) is 9.96. The Balaban J connectivity index is 2.16. The van der Waals surface area contributed by atoms with E-state index in [0.717, 1.165) is 0 Å². The van der Waals surface area contributed by atoms with Crippen LogP contribution < -0.4 is 10.8 Å². The summed E-state index contributed by atoms with van der Waals surface area (Å²) in [6.07, 6.45) is 0. The summed E-state index contributed by atoms with van der Waals surface area (Å²) in [5.41, 5.74) is 2.81. The van der Waals surface area contributed by atoms with Gasteiger partial charge in [0.25, 0.3) is 11.8 Å². The Labute approximate surface area is 109 Å². The van der Waals surface area contributed by atoms with Gasteiger partial charge in [0.1, 0.15) is 0 Å². The Morgan fingerprint density at radius 3 is 2.21 bits per heavy atom. The lowest BCUT2D eigenvalue weighted by Crippen LogP contribution is -2.19. The van der Waals surface area contributed by atoms with Crippen LogP contribution in [0.4, 0.5) is 5.69 Å². The van der Waals surface area contributed by atoms with Crippen molar-refractivity contribution in [3.8, 4) is 0 Å². The van der Waals surface area contributed by atoms with Gasteiger partial charge in [-0.1, -0.05) is 24.3 Å². The summed E-state index contributed by atoms with van der Waals surface area (Å²) in [6.45, 7) is 0. The summed E-state index contributed by atoms with van der Waals surface area (Å²) in [5, 5.41) is 11.2. The van der Waals surface area contributed by atoms with Gasteiger partial charge in [0, 0.05) is 16.8 Å². The molecule has 5 nitrogen and oxygen atoms in total. The summed E-state index contributed by atoms with van der Waals surface area (Å²) in [6, 6.07) is 15.0. The van der Waals surface area contributed by atoms with E-state index >= 15 is 0 Å². The predicted molar refractivity (Wildman–Crippen MR) is 70.1 cm³/mol. The highest BCUT2D eigenvalue weighted by Gasteiger charge is 2.08. The minimum atomic E-state index is -0.629. The molecule has 0 aromatic heterocycles. The van der Waals surface area contributed by atoms with Gasteiger partial charge in [-0.25, -0.2) is 5.48 Å². The molecule has 19 heavy (non-hydrogen) atoms. The Morgan fingerprint density at radius 2 is 1.53 bits per heavy atom. The topological polar surface area (TPSA) is 78.4 Å². The number of rotatable bonds is 3. The molecule has 2 amide bonds. The molecule has 2 aromatic carbocycles. The van der Waals surface area contributed by atoms with Gasteiger partial charge in [-0.15, -0.1) is 0 Å². The second kappa shape index (κ2) is 5.79. The number of carbonyl (C=O) groups excluding carboxylic acids is 2. The van der Waals surface area contributed by atoms with Crippen LogP contribution in [0.25, 0.3) is 0 Å². The zero-order chi connectivity index (χ0) is 13.7. The minimum Gasteiger partial charge on any atom is -0.322 e. The van der Waals surface area contributed by atoms with Crippen molar-refractivity contribution in [3.05, 3.63) is 65.7 Å². The van der Waals surface area contributed by atoms with Crippen molar-refractivity contribution in [1.82, 2.24) is 5.48 Å². The lowest BCUT2D eigenvalue weighted by molar-refractivity contribution is 0.0706. The van der Waals surface area contributed by atoms with Crippen LogP contribution in [-0.4, -0.2) is 17.0 Å². The van der Waals surface area contributed by atoms with E-state index in [0.29, 0.717) is 11.3 Å². The lowest BCUT2D eigenvalue weighted by atomic mass is 10.1. The maximum Gasteiger partial charge on any atom is 0.274 e. The highest BCUT2D eigenvalue weighted by molar-refractivity contribution is 6.05. The lowest BCUT2D eigenvalue weighted by Gasteiger charge is -2.06. The van der Waals surface area contributed by atoms with Gasteiger partial charge < -0.3 is 5.32 Å². The predicted octanol–water partition coefficient (Wildman–Crippen LogP) is 2.06. The molecule has 0 unspecified atom stereocenters. The van der Waals surface area contributed by atoms with Gasteiger partial charge in [-0.3, -0.25) is 14.8 Å². The maximum absolute atomic E-state index is 11.9. The molecule has 0 saturated heterocycles. The Bertz CT molecular complexity index is 597. The molecular weight excluding hydrogens is 244 g/mol. The van der Waals surface area contributed by atoms with Crippen molar-refractivity contribution in [1.29, 1.82) is 0 Å². The van der Waals surface area contributed by atoms with E-state index in [-0.39, 0.29) is 11.5 Å². The fraction of sp³-hybridized carbons (Fsp3) is 0. The summed E-state index contributed by atoms with van der Waals surface area (Å²) in [4.78, 5) is 23.2. The number of hydroxylamine groups is 1. The van der Waals surface area contributed by atoms with Crippen molar-refractivity contribution in [3.63, 3.8) is 0 Å². The van der Waals surface area contributed by atoms with Crippen LogP contribution in [0, 0.1) is 0 Å².